The third kappa shape index (κ3) is 2.88. The summed E-state index contributed by atoms with van der Waals surface area (Å²) in [4.78, 5) is 19.7. The number of aromatic nitrogens is 2. The van der Waals surface area contributed by atoms with Crippen LogP contribution in [0.1, 0.15) is 17.3 Å². The second kappa shape index (κ2) is 5.48. The number of carbonyl (C=O) groups excluding carboxylic acids is 1. The molecule has 0 saturated heterocycles. The van der Waals surface area contributed by atoms with E-state index in [1.54, 1.807) is 30.3 Å². The molecule has 0 aliphatic heterocycles. The Morgan fingerprint density at radius 1 is 1.00 bits per heavy atom. The summed E-state index contributed by atoms with van der Waals surface area (Å²) in [6, 6.07) is 8.68. The zero-order valence-corrected chi connectivity index (χ0v) is 11.0. The van der Waals surface area contributed by atoms with Gasteiger partial charge < -0.3 is 9.47 Å². The highest BCUT2D eigenvalue weighted by molar-refractivity contribution is 5.94. The van der Waals surface area contributed by atoms with Gasteiger partial charge in [-0.25, -0.2) is 0 Å². The highest BCUT2D eigenvalue weighted by Gasteiger charge is 2.08. The predicted molar refractivity (Wildman–Crippen MR) is 70.6 cm³/mol. The Balaban J connectivity index is 2.42. The van der Waals surface area contributed by atoms with Crippen molar-refractivity contribution in [3.05, 3.63) is 35.9 Å². The van der Waals surface area contributed by atoms with Gasteiger partial charge >= 0.3 is 0 Å². The number of ketones is 1. The van der Waals surface area contributed by atoms with E-state index in [4.69, 9.17) is 9.47 Å². The molecule has 98 valence electrons. The molecule has 1 aromatic carbocycles. The van der Waals surface area contributed by atoms with Crippen molar-refractivity contribution in [3.63, 3.8) is 0 Å². The smallest absolute Gasteiger partial charge is 0.220 e. The molecule has 0 N–H and O–H groups in total. The van der Waals surface area contributed by atoms with Gasteiger partial charge in [0.15, 0.2) is 11.6 Å². The summed E-state index contributed by atoms with van der Waals surface area (Å²) in [7, 11) is 3.06. The molecule has 1 heterocycles. The molecule has 0 aliphatic carbocycles. The zero-order chi connectivity index (χ0) is 13.8. The average Bonchev–Trinajstić information content (AvgIpc) is 2.46. The fourth-order valence-corrected chi connectivity index (χ4v) is 1.60. The first-order chi connectivity index (χ1) is 9.13. The van der Waals surface area contributed by atoms with Gasteiger partial charge in [-0.15, -0.1) is 0 Å². The van der Waals surface area contributed by atoms with Gasteiger partial charge in [-0.1, -0.05) is 24.3 Å². The van der Waals surface area contributed by atoms with Gasteiger partial charge in [0.1, 0.15) is 0 Å². The van der Waals surface area contributed by atoms with E-state index in [0.717, 1.165) is 5.56 Å². The Hall–Kier alpha value is -2.43. The van der Waals surface area contributed by atoms with Gasteiger partial charge in [-0.2, -0.15) is 9.97 Å². The molecular weight excluding hydrogens is 244 g/mol. The van der Waals surface area contributed by atoms with E-state index in [1.807, 2.05) is 0 Å². The molecule has 2 rings (SSSR count). The molecule has 0 spiro atoms. The number of hydrogen-bond donors (Lipinski definition) is 0. The fourth-order valence-electron chi connectivity index (χ4n) is 1.60. The first kappa shape index (κ1) is 13.0. The maximum atomic E-state index is 11.2. The highest BCUT2D eigenvalue weighted by Crippen LogP contribution is 2.22. The SMILES string of the molecule is COc1cc(OC)nc(-c2ccc(C(C)=O)cc2)n1. The van der Waals surface area contributed by atoms with Gasteiger partial charge in [0.05, 0.1) is 20.3 Å². The molecule has 5 nitrogen and oxygen atoms in total. The van der Waals surface area contributed by atoms with Crippen LogP contribution in [-0.4, -0.2) is 30.0 Å². The maximum Gasteiger partial charge on any atom is 0.220 e. The molecule has 0 amide bonds. The van der Waals surface area contributed by atoms with E-state index in [9.17, 15) is 4.79 Å². The lowest BCUT2D eigenvalue weighted by atomic mass is 10.1. The topological polar surface area (TPSA) is 61.3 Å². The summed E-state index contributed by atoms with van der Waals surface area (Å²) < 4.78 is 10.2. The lowest BCUT2D eigenvalue weighted by Gasteiger charge is -2.06. The Bertz CT molecular complexity index is 572. The molecule has 2 aromatic rings. The maximum absolute atomic E-state index is 11.2. The summed E-state index contributed by atoms with van der Waals surface area (Å²) in [5, 5.41) is 0. The van der Waals surface area contributed by atoms with Crippen LogP contribution in [0.3, 0.4) is 0 Å². The number of methoxy groups -OCH3 is 2. The number of nitrogens with zero attached hydrogens (tertiary/aromatic N) is 2. The quantitative estimate of drug-likeness (QED) is 0.788. The third-order valence-electron chi connectivity index (χ3n) is 2.65. The molecule has 0 aliphatic rings. The Kier molecular flexibility index (Phi) is 3.75. The molecule has 0 fully saturated rings. The molecule has 0 unspecified atom stereocenters. The average molecular weight is 258 g/mol. The van der Waals surface area contributed by atoms with E-state index >= 15 is 0 Å². The number of benzene rings is 1. The van der Waals surface area contributed by atoms with Crippen LogP contribution in [0.4, 0.5) is 0 Å². The minimum absolute atomic E-state index is 0.0238. The van der Waals surface area contributed by atoms with E-state index in [-0.39, 0.29) is 5.78 Å². The van der Waals surface area contributed by atoms with Crippen LogP contribution in [0.2, 0.25) is 0 Å². The number of hydrogen-bond acceptors (Lipinski definition) is 5. The van der Waals surface area contributed by atoms with E-state index in [1.165, 1.54) is 21.1 Å². The summed E-state index contributed by atoms with van der Waals surface area (Å²) in [5.41, 5.74) is 1.45. The van der Waals surface area contributed by atoms with Crippen LogP contribution < -0.4 is 9.47 Å². The summed E-state index contributed by atoms with van der Waals surface area (Å²) in [5.74, 6) is 1.37. The van der Waals surface area contributed by atoms with Crippen LogP contribution in [0.5, 0.6) is 11.8 Å². The Morgan fingerprint density at radius 3 is 1.95 bits per heavy atom. The molecule has 5 heteroatoms. The minimum Gasteiger partial charge on any atom is -0.481 e. The van der Waals surface area contributed by atoms with Crippen molar-refractivity contribution in [2.45, 2.75) is 6.92 Å². The van der Waals surface area contributed by atoms with Gasteiger partial charge in [0.25, 0.3) is 0 Å². The second-order valence-corrected chi connectivity index (χ2v) is 3.91. The molecule has 0 bridgehead atoms. The highest BCUT2D eigenvalue weighted by atomic mass is 16.5. The molecule has 0 radical (unpaired) electrons. The molecule has 19 heavy (non-hydrogen) atoms. The van der Waals surface area contributed by atoms with E-state index < -0.39 is 0 Å². The summed E-state index contributed by atoms with van der Waals surface area (Å²) >= 11 is 0. The van der Waals surface area contributed by atoms with Crippen LogP contribution in [-0.2, 0) is 0 Å². The zero-order valence-electron chi connectivity index (χ0n) is 11.0. The molecule has 0 saturated carbocycles. The molecule has 1 aromatic heterocycles. The Labute approximate surface area is 111 Å². The number of carbonyl (C=O) groups is 1. The van der Waals surface area contributed by atoms with Crippen molar-refractivity contribution in [3.8, 4) is 23.1 Å². The first-order valence-corrected chi connectivity index (χ1v) is 5.72. The van der Waals surface area contributed by atoms with Gasteiger partial charge in [0.2, 0.25) is 11.8 Å². The third-order valence-corrected chi connectivity index (χ3v) is 2.65. The minimum atomic E-state index is 0.0238. The van der Waals surface area contributed by atoms with Crippen molar-refractivity contribution in [2.75, 3.05) is 14.2 Å². The second-order valence-electron chi connectivity index (χ2n) is 3.91. The standard InChI is InChI=1S/C14H14N2O3/c1-9(17)10-4-6-11(7-5-10)14-15-12(18-2)8-13(16-14)19-3/h4-8H,1-3H3. The lowest BCUT2D eigenvalue weighted by molar-refractivity contribution is 0.101. The van der Waals surface area contributed by atoms with Crippen LogP contribution in [0.15, 0.2) is 30.3 Å². The van der Waals surface area contributed by atoms with Crippen LogP contribution >= 0.6 is 0 Å². The monoisotopic (exact) mass is 258 g/mol. The molecular formula is C14H14N2O3. The first-order valence-electron chi connectivity index (χ1n) is 5.72. The fraction of sp³-hybridized carbons (Fsp3) is 0.214. The summed E-state index contributed by atoms with van der Waals surface area (Å²) in [6.07, 6.45) is 0. The van der Waals surface area contributed by atoms with Gasteiger partial charge in [-0.05, 0) is 6.92 Å². The van der Waals surface area contributed by atoms with E-state index in [2.05, 4.69) is 9.97 Å². The summed E-state index contributed by atoms with van der Waals surface area (Å²) in [6.45, 7) is 1.53. The van der Waals surface area contributed by atoms with Crippen molar-refractivity contribution in [2.24, 2.45) is 0 Å². The van der Waals surface area contributed by atoms with E-state index in [0.29, 0.717) is 23.1 Å². The normalized spacial score (nSPS) is 10.1. The van der Waals surface area contributed by atoms with Crippen molar-refractivity contribution in [1.29, 1.82) is 0 Å². The lowest BCUT2D eigenvalue weighted by Crippen LogP contribution is -1.97. The van der Waals surface area contributed by atoms with Crippen molar-refractivity contribution >= 4 is 5.78 Å². The molecule has 0 atom stereocenters. The van der Waals surface area contributed by atoms with Gasteiger partial charge in [-0.3, -0.25) is 4.79 Å². The number of rotatable bonds is 4. The Morgan fingerprint density at radius 2 is 1.53 bits per heavy atom. The number of ether oxygens (including phenoxy) is 2. The van der Waals surface area contributed by atoms with Crippen molar-refractivity contribution < 1.29 is 14.3 Å². The van der Waals surface area contributed by atoms with Crippen LogP contribution in [0.25, 0.3) is 11.4 Å². The van der Waals surface area contributed by atoms with Crippen LogP contribution in [0, 0.1) is 0 Å². The largest absolute Gasteiger partial charge is 0.481 e. The van der Waals surface area contributed by atoms with Crippen molar-refractivity contribution in [1.82, 2.24) is 9.97 Å². The predicted octanol–water partition coefficient (Wildman–Crippen LogP) is 2.36. The van der Waals surface area contributed by atoms with Gasteiger partial charge in [0, 0.05) is 11.1 Å². The number of Topliss-reactive ketones (excluding diaryl/α,β-unsaturated/α-hetero) is 1.